The van der Waals surface area contributed by atoms with Crippen molar-refractivity contribution in [3.63, 3.8) is 0 Å². The molecule has 222 valence electrons. The van der Waals surface area contributed by atoms with Crippen molar-refractivity contribution in [3.8, 4) is 11.4 Å². The van der Waals surface area contributed by atoms with Gasteiger partial charge in [-0.2, -0.15) is 0 Å². The normalized spacial score (nSPS) is 15.1. The fraction of sp³-hybridized carbons (Fsp3) is 0.0667. The number of benzene rings is 7. The van der Waals surface area contributed by atoms with Crippen molar-refractivity contribution in [1.82, 2.24) is 9.13 Å². The monoisotopic (exact) mass is 600 g/mol. The second kappa shape index (κ2) is 10.1. The van der Waals surface area contributed by atoms with E-state index in [2.05, 4.69) is 174 Å². The number of hydrogen-bond donors (Lipinski definition) is 0. The Hall–Kier alpha value is -5.86. The highest BCUT2D eigenvalue weighted by molar-refractivity contribution is 6.20. The molecule has 2 nitrogen and oxygen atoms in total. The van der Waals surface area contributed by atoms with Gasteiger partial charge in [0.05, 0.1) is 33.4 Å². The molecule has 0 saturated heterocycles. The molecule has 9 aromatic rings. The minimum atomic E-state index is 0.521. The second-order valence-electron chi connectivity index (χ2n) is 13.0. The van der Waals surface area contributed by atoms with E-state index in [1.165, 1.54) is 87.7 Å². The van der Waals surface area contributed by atoms with Gasteiger partial charge in [0.25, 0.3) is 0 Å². The fourth-order valence-corrected chi connectivity index (χ4v) is 8.20. The molecule has 7 aromatic carbocycles. The van der Waals surface area contributed by atoms with Crippen LogP contribution >= 0.6 is 0 Å². The van der Waals surface area contributed by atoms with Crippen LogP contribution in [0.4, 0.5) is 0 Å². The summed E-state index contributed by atoms with van der Waals surface area (Å²) in [6, 6.07) is 51.6. The first-order valence-corrected chi connectivity index (χ1v) is 16.6. The van der Waals surface area contributed by atoms with Gasteiger partial charge in [-0.15, -0.1) is 0 Å². The summed E-state index contributed by atoms with van der Waals surface area (Å²) in [4.78, 5) is 0. The molecular formula is C45H32N2. The maximum Gasteiger partial charge on any atom is 0.0620 e. The Bertz CT molecular complexity index is 2680. The van der Waals surface area contributed by atoms with E-state index in [0.717, 1.165) is 6.42 Å². The van der Waals surface area contributed by atoms with Gasteiger partial charge in [-0.25, -0.2) is 0 Å². The zero-order chi connectivity index (χ0) is 31.1. The summed E-state index contributed by atoms with van der Waals surface area (Å²) in [5, 5.41) is 10.1. The molecular weight excluding hydrogens is 569 g/mol. The summed E-state index contributed by atoms with van der Waals surface area (Å²) >= 11 is 0. The van der Waals surface area contributed by atoms with Crippen LogP contribution in [0, 0.1) is 5.92 Å². The average Bonchev–Trinajstić information content (AvgIpc) is 3.63. The van der Waals surface area contributed by atoms with E-state index in [0.29, 0.717) is 5.92 Å². The Kier molecular flexibility index (Phi) is 5.65. The van der Waals surface area contributed by atoms with Gasteiger partial charge in [-0.1, -0.05) is 134 Å². The van der Waals surface area contributed by atoms with Crippen LogP contribution in [-0.4, -0.2) is 9.13 Å². The molecule has 1 unspecified atom stereocenters. The third kappa shape index (κ3) is 3.79. The molecule has 2 aromatic heterocycles. The first kappa shape index (κ1) is 26.4. The van der Waals surface area contributed by atoms with E-state index in [4.69, 9.17) is 0 Å². The standard InChI is InChI=1S/C45H32N2/c1-29-13-12-14-30(27-29)31-25-26-38-39(28-31)45(47-42-23-10-6-17-34(42)35-18-7-11-24-43(35)47)37-20-3-2-19-36(37)44(38)46-40-21-8-4-15-32(40)33-16-5-9-22-41(33)46/h2-26,28-29H,27H2,1H3. The van der Waals surface area contributed by atoms with Gasteiger partial charge in [-0.3, -0.25) is 0 Å². The first-order valence-electron chi connectivity index (χ1n) is 16.6. The summed E-state index contributed by atoms with van der Waals surface area (Å²) < 4.78 is 5.03. The van der Waals surface area contributed by atoms with E-state index < -0.39 is 0 Å². The van der Waals surface area contributed by atoms with Gasteiger partial charge in [0.15, 0.2) is 0 Å². The zero-order valence-corrected chi connectivity index (χ0v) is 26.2. The van der Waals surface area contributed by atoms with E-state index in [-0.39, 0.29) is 0 Å². The lowest BCUT2D eigenvalue weighted by Gasteiger charge is -2.22. The fourth-order valence-electron chi connectivity index (χ4n) is 8.20. The molecule has 0 saturated carbocycles. The van der Waals surface area contributed by atoms with Gasteiger partial charge >= 0.3 is 0 Å². The predicted molar refractivity (Wildman–Crippen MR) is 201 cm³/mol. The van der Waals surface area contributed by atoms with Crippen LogP contribution in [-0.2, 0) is 0 Å². The van der Waals surface area contributed by atoms with Crippen LogP contribution in [0.2, 0.25) is 0 Å². The number of para-hydroxylation sites is 4. The number of aromatic nitrogens is 2. The molecule has 10 rings (SSSR count). The SMILES string of the molecule is CC1C=CC=C(c2ccc3c(-n4c5ccccc5c5ccccc54)c4ccccc4c(-n4c5ccccc5c5ccccc54)c3c2)C1. The van der Waals surface area contributed by atoms with E-state index in [1.807, 2.05) is 0 Å². The summed E-state index contributed by atoms with van der Waals surface area (Å²) in [6.45, 7) is 2.31. The molecule has 0 bridgehead atoms. The molecule has 1 aliphatic carbocycles. The quantitative estimate of drug-likeness (QED) is 0.179. The molecule has 2 heteroatoms. The predicted octanol–water partition coefficient (Wildman–Crippen LogP) is 12.2. The maximum atomic E-state index is 2.52. The molecule has 0 fully saturated rings. The van der Waals surface area contributed by atoms with Gasteiger partial charge in [-0.05, 0) is 53.8 Å². The summed E-state index contributed by atoms with van der Waals surface area (Å²) in [5.74, 6) is 0.521. The summed E-state index contributed by atoms with van der Waals surface area (Å²) in [5.41, 5.74) is 10.0. The van der Waals surface area contributed by atoms with Crippen molar-refractivity contribution in [2.45, 2.75) is 13.3 Å². The maximum absolute atomic E-state index is 2.52. The van der Waals surface area contributed by atoms with Crippen molar-refractivity contribution < 1.29 is 0 Å². The van der Waals surface area contributed by atoms with Crippen LogP contribution in [0.3, 0.4) is 0 Å². The molecule has 0 radical (unpaired) electrons. The highest BCUT2D eigenvalue weighted by Gasteiger charge is 2.23. The molecule has 0 spiro atoms. The Morgan fingerprint density at radius 1 is 0.447 bits per heavy atom. The van der Waals surface area contributed by atoms with Crippen LogP contribution in [0.1, 0.15) is 18.9 Å². The zero-order valence-electron chi connectivity index (χ0n) is 26.2. The van der Waals surface area contributed by atoms with Crippen LogP contribution < -0.4 is 0 Å². The molecule has 0 N–H and O–H groups in total. The third-order valence-electron chi connectivity index (χ3n) is 10.2. The lowest BCUT2D eigenvalue weighted by Crippen LogP contribution is -2.04. The van der Waals surface area contributed by atoms with Crippen molar-refractivity contribution in [3.05, 3.63) is 163 Å². The van der Waals surface area contributed by atoms with Gasteiger partial charge < -0.3 is 9.13 Å². The molecule has 1 atom stereocenters. The minimum Gasteiger partial charge on any atom is -0.308 e. The van der Waals surface area contributed by atoms with E-state index in [9.17, 15) is 0 Å². The topological polar surface area (TPSA) is 9.86 Å². The Labute approximate surface area is 273 Å². The van der Waals surface area contributed by atoms with Crippen molar-refractivity contribution in [2.75, 3.05) is 0 Å². The van der Waals surface area contributed by atoms with Crippen LogP contribution in [0.15, 0.2) is 158 Å². The first-order chi connectivity index (χ1) is 23.3. The second-order valence-corrected chi connectivity index (χ2v) is 13.0. The molecule has 2 heterocycles. The van der Waals surface area contributed by atoms with Gasteiger partial charge in [0, 0.05) is 43.1 Å². The number of hydrogen-bond acceptors (Lipinski definition) is 0. The van der Waals surface area contributed by atoms with Crippen molar-refractivity contribution in [1.29, 1.82) is 0 Å². The summed E-state index contributed by atoms with van der Waals surface area (Å²) in [6.07, 6.45) is 7.88. The summed E-state index contributed by atoms with van der Waals surface area (Å²) in [7, 11) is 0. The number of rotatable bonds is 3. The lowest BCUT2D eigenvalue weighted by atomic mass is 9.89. The molecule has 1 aliphatic rings. The molecule has 0 aliphatic heterocycles. The average molecular weight is 601 g/mol. The van der Waals surface area contributed by atoms with Gasteiger partial charge in [0.1, 0.15) is 0 Å². The van der Waals surface area contributed by atoms with Crippen molar-refractivity contribution >= 4 is 70.7 Å². The molecule has 0 amide bonds. The smallest absolute Gasteiger partial charge is 0.0620 e. The largest absolute Gasteiger partial charge is 0.308 e. The van der Waals surface area contributed by atoms with Crippen LogP contribution in [0.5, 0.6) is 0 Å². The van der Waals surface area contributed by atoms with E-state index >= 15 is 0 Å². The van der Waals surface area contributed by atoms with Crippen molar-refractivity contribution in [2.24, 2.45) is 5.92 Å². The van der Waals surface area contributed by atoms with Crippen LogP contribution in [0.25, 0.3) is 82.1 Å². The third-order valence-corrected chi connectivity index (χ3v) is 10.2. The minimum absolute atomic E-state index is 0.521. The Morgan fingerprint density at radius 3 is 1.32 bits per heavy atom. The highest BCUT2D eigenvalue weighted by Crippen LogP contribution is 2.45. The lowest BCUT2D eigenvalue weighted by molar-refractivity contribution is 0.749. The van der Waals surface area contributed by atoms with Gasteiger partial charge in [0.2, 0.25) is 0 Å². The number of fused-ring (bicyclic) bond motifs is 8. The number of allylic oxidation sites excluding steroid dienone is 4. The Morgan fingerprint density at radius 2 is 0.851 bits per heavy atom. The number of nitrogens with zero attached hydrogens (tertiary/aromatic N) is 2. The highest BCUT2D eigenvalue weighted by atomic mass is 15.0. The van der Waals surface area contributed by atoms with E-state index in [1.54, 1.807) is 0 Å². The molecule has 47 heavy (non-hydrogen) atoms. The Balaban J connectivity index is 1.44.